The first-order valence-electron chi connectivity index (χ1n) is 11.1. The van der Waals surface area contributed by atoms with Gasteiger partial charge in [-0.15, -0.1) is 0 Å². The van der Waals surface area contributed by atoms with Crippen LogP contribution in [0.25, 0.3) is 0 Å². The number of carbonyl (C=O) groups is 1. The van der Waals surface area contributed by atoms with Gasteiger partial charge in [0.05, 0.1) is 18.3 Å². The molecule has 0 saturated carbocycles. The summed E-state index contributed by atoms with van der Waals surface area (Å²) in [5.74, 6) is 0.0372. The van der Waals surface area contributed by atoms with Crippen LogP contribution in [0, 0.1) is 13.8 Å². The number of likely N-dealkylation sites (N-methyl/N-ethyl adjacent to an activating group) is 1. The van der Waals surface area contributed by atoms with E-state index in [4.69, 9.17) is 16.7 Å². The fourth-order valence-corrected chi connectivity index (χ4v) is 4.73. The fourth-order valence-electron chi connectivity index (χ4n) is 4.46. The molecular weight excluding hydrogens is 408 g/mol. The minimum absolute atomic E-state index is 0.0372. The third-order valence-electron chi connectivity index (χ3n) is 6.41. The minimum Gasteiger partial charge on any atom is -0.301 e. The van der Waals surface area contributed by atoms with Gasteiger partial charge >= 0.3 is 0 Å². The summed E-state index contributed by atoms with van der Waals surface area (Å²) in [6.45, 7) is 11.7. The topological polar surface area (TPSA) is 39.1 Å². The zero-order valence-electron chi connectivity index (χ0n) is 18.6. The third kappa shape index (κ3) is 4.84. The molecular formula is C25H31ClN4O. The van der Waals surface area contributed by atoms with Gasteiger partial charge in [0, 0.05) is 43.2 Å². The van der Waals surface area contributed by atoms with E-state index in [9.17, 15) is 4.79 Å². The van der Waals surface area contributed by atoms with E-state index in [1.54, 1.807) is 5.01 Å². The van der Waals surface area contributed by atoms with Gasteiger partial charge in [0.2, 0.25) is 0 Å². The van der Waals surface area contributed by atoms with Crippen LogP contribution in [-0.4, -0.2) is 65.7 Å². The van der Waals surface area contributed by atoms with Crippen molar-refractivity contribution in [3.63, 3.8) is 0 Å². The Balaban J connectivity index is 1.60. The van der Waals surface area contributed by atoms with Crippen LogP contribution < -0.4 is 0 Å². The molecule has 0 bridgehead atoms. The molecule has 1 amide bonds. The Kier molecular flexibility index (Phi) is 6.75. The summed E-state index contributed by atoms with van der Waals surface area (Å²) < 4.78 is 0. The number of carbonyl (C=O) groups excluding carboxylic acids is 1. The average Bonchev–Trinajstić information content (AvgIpc) is 3.21. The molecule has 0 aliphatic carbocycles. The molecule has 6 heteroatoms. The van der Waals surface area contributed by atoms with Crippen LogP contribution >= 0.6 is 11.6 Å². The van der Waals surface area contributed by atoms with Crippen LogP contribution in [0.2, 0.25) is 5.02 Å². The molecule has 2 aliphatic rings. The highest BCUT2D eigenvalue weighted by Gasteiger charge is 2.35. The van der Waals surface area contributed by atoms with Gasteiger partial charge in [-0.25, -0.2) is 5.01 Å². The van der Waals surface area contributed by atoms with E-state index in [0.717, 1.165) is 49.6 Å². The second-order valence-corrected chi connectivity index (χ2v) is 8.96. The van der Waals surface area contributed by atoms with Crippen LogP contribution in [0.4, 0.5) is 0 Å². The monoisotopic (exact) mass is 438 g/mol. The molecule has 2 aromatic rings. The molecule has 2 aliphatic heterocycles. The molecule has 0 aromatic heterocycles. The summed E-state index contributed by atoms with van der Waals surface area (Å²) in [6.07, 6.45) is 0.670. The Morgan fingerprint density at radius 3 is 2.48 bits per heavy atom. The number of hydrogen-bond donors (Lipinski definition) is 0. The first-order chi connectivity index (χ1) is 15.0. The minimum atomic E-state index is -0.173. The predicted octanol–water partition coefficient (Wildman–Crippen LogP) is 4.27. The standard InChI is InChI=1S/C25H31ClN4O/c1-4-28-11-13-29(14-12-28)17-25(31)30-24(20-7-5-6-8-22(20)26)16-23(27-30)21-15-18(2)9-10-19(21)3/h5-10,15,24H,4,11-14,16-17H2,1-3H3/t24-/m0/s1. The summed E-state index contributed by atoms with van der Waals surface area (Å²) in [5.41, 5.74) is 5.39. The molecule has 1 saturated heterocycles. The highest BCUT2D eigenvalue weighted by Crippen LogP contribution is 2.37. The number of amides is 1. The average molecular weight is 439 g/mol. The van der Waals surface area contributed by atoms with Crippen molar-refractivity contribution in [3.05, 3.63) is 69.7 Å². The molecule has 2 aromatic carbocycles. The quantitative estimate of drug-likeness (QED) is 0.699. The Labute approximate surface area is 190 Å². The van der Waals surface area contributed by atoms with Gasteiger partial charge in [-0.1, -0.05) is 54.4 Å². The zero-order valence-corrected chi connectivity index (χ0v) is 19.4. The van der Waals surface area contributed by atoms with Gasteiger partial charge in [0.1, 0.15) is 0 Å². The molecule has 1 fully saturated rings. The van der Waals surface area contributed by atoms with Crippen molar-refractivity contribution in [2.75, 3.05) is 39.3 Å². The first kappa shape index (κ1) is 22.0. The SMILES string of the molecule is CCN1CCN(CC(=O)N2N=C(c3cc(C)ccc3C)C[C@H]2c2ccccc2Cl)CC1. The van der Waals surface area contributed by atoms with Gasteiger partial charge in [0.25, 0.3) is 5.91 Å². The van der Waals surface area contributed by atoms with E-state index < -0.39 is 0 Å². The lowest BCUT2D eigenvalue weighted by atomic mass is 9.95. The number of hydrogen-bond acceptors (Lipinski definition) is 4. The molecule has 164 valence electrons. The van der Waals surface area contributed by atoms with E-state index in [2.05, 4.69) is 48.8 Å². The third-order valence-corrected chi connectivity index (χ3v) is 6.75. The van der Waals surface area contributed by atoms with Crippen molar-refractivity contribution in [2.24, 2.45) is 5.10 Å². The Hall–Kier alpha value is -2.21. The molecule has 0 spiro atoms. The van der Waals surface area contributed by atoms with Crippen molar-refractivity contribution < 1.29 is 4.79 Å². The van der Waals surface area contributed by atoms with Gasteiger partial charge in [-0.2, -0.15) is 5.10 Å². The van der Waals surface area contributed by atoms with Crippen molar-refractivity contribution in [2.45, 2.75) is 33.2 Å². The molecule has 0 unspecified atom stereocenters. The highest BCUT2D eigenvalue weighted by molar-refractivity contribution is 6.31. The summed E-state index contributed by atoms with van der Waals surface area (Å²) >= 11 is 6.54. The second-order valence-electron chi connectivity index (χ2n) is 8.56. The van der Waals surface area contributed by atoms with E-state index in [1.807, 2.05) is 24.3 Å². The molecule has 0 N–H and O–H groups in total. The fraction of sp³-hybridized carbons (Fsp3) is 0.440. The van der Waals surface area contributed by atoms with Crippen LogP contribution in [0.15, 0.2) is 47.6 Å². The number of aryl methyl sites for hydroxylation is 2. The largest absolute Gasteiger partial charge is 0.301 e. The number of benzene rings is 2. The molecule has 1 atom stereocenters. The maximum Gasteiger partial charge on any atom is 0.257 e. The summed E-state index contributed by atoms with van der Waals surface area (Å²) in [5, 5.41) is 7.23. The van der Waals surface area contributed by atoms with E-state index in [-0.39, 0.29) is 11.9 Å². The molecule has 2 heterocycles. The smallest absolute Gasteiger partial charge is 0.257 e. The first-order valence-corrected chi connectivity index (χ1v) is 11.5. The lowest BCUT2D eigenvalue weighted by molar-refractivity contribution is -0.134. The molecule has 5 nitrogen and oxygen atoms in total. The Morgan fingerprint density at radius 1 is 1.06 bits per heavy atom. The summed E-state index contributed by atoms with van der Waals surface area (Å²) in [6, 6.07) is 14.0. The maximum atomic E-state index is 13.4. The van der Waals surface area contributed by atoms with Crippen molar-refractivity contribution in [1.29, 1.82) is 0 Å². The van der Waals surface area contributed by atoms with E-state index >= 15 is 0 Å². The lowest BCUT2D eigenvalue weighted by Gasteiger charge is -2.34. The van der Waals surface area contributed by atoms with Crippen LogP contribution in [0.3, 0.4) is 0 Å². The Morgan fingerprint density at radius 2 is 1.77 bits per heavy atom. The predicted molar refractivity (Wildman–Crippen MR) is 127 cm³/mol. The van der Waals surface area contributed by atoms with Crippen LogP contribution in [0.1, 0.15) is 41.6 Å². The summed E-state index contributed by atoms with van der Waals surface area (Å²) in [7, 11) is 0. The van der Waals surface area contributed by atoms with Crippen LogP contribution in [0.5, 0.6) is 0 Å². The van der Waals surface area contributed by atoms with Gasteiger partial charge in [-0.3, -0.25) is 9.69 Å². The molecule has 0 radical (unpaired) electrons. The normalized spacial score (nSPS) is 20.2. The number of halogens is 1. The lowest BCUT2D eigenvalue weighted by Crippen LogP contribution is -2.49. The zero-order chi connectivity index (χ0) is 22.0. The number of nitrogens with zero attached hydrogens (tertiary/aromatic N) is 4. The van der Waals surface area contributed by atoms with Gasteiger partial charge < -0.3 is 4.90 Å². The van der Waals surface area contributed by atoms with Crippen molar-refractivity contribution in [3.8, 4) is 0 Å². The second kappa shape index (κ2) is 9.51. The van der Waals surface area contributed by atoms with Crippen LogP contribution in [-0.2, 0) is 4.79 Å². The molecule has 4 rings (SSSR count). The number of rotatable bonds is 5. The maximum absolute atomic E-state index is 13.4. The number of hydrazone groups is 1. The summed E-state index contributed by atoms with van der Waals surface area (Å²) in [4.78, 5) is 18.1. The van der Waals surface area contributed by atoms with Crippen molar-refractivity contribution >= 4 is 23.2 Å². The highest BCUT2D eigenvalue weighted by atomic mass is 35.5. The van der Waals surface area contributed by atoms with E-state index in [0.29, 0.717) is 18.0 Å². The Bertz CT molecular complexity index is 981. The van der Waals surface area contributed by atoms with E-state index in [1.165, 1.54) is 11.1 Å². The molecule has 31 heavy (non-hydrogen) atoms. The van der Waals surface area contributed by atoms with Gasteiger partial charge in [0.15, 0.2) is 0 Å². The van der Waals surface area contributed by atoms with Gasteiger partial charge in [-0.05, 0) is 43.7 Å². The van der Waals surface area contributed by atoms with Crippen molar-refractivity contribution in [1.82, 2.24) is 14.8 Å². The number of piperazine rings is 1.